The second-order valence-corrected chi connectivity index (χ2v) is 6.91. The van der Waals surface area contributed by atoms with E-state index in [0.717, 1.165) is 22.2 Å². The van der Waals surface area contributed by atoms with Gasteiger partial charge in [-0.05, 0) is 48.1 Å². The van der Waals surface area contributed by atoms with Crippen molar-refractivity contribution in [3.05, 3.63) is 70.3 Å². The maximum atomic E-state index is 12.6. The number of nitrogens with zero attached hydrogens (tertiary/aromatic N) is 2. The number of methoxy groups -OCH3 is 2. The summed E-state index contributed by atoms with van der Waals surface area (Å²) in [5, 5.41) is 4.63. The van der Waals surface area contributed by atoms with Crippen LogP contribution < -0.4 is 15.6 Å². The molecule has 1 aromatic carbocycles. The van der Waals surface area contributed by atoms with Crippen molar-refractivity contribution in [2.24, 2.45) is 0 Å². The lowest BCUT2D eigenvalue weighted by Crippen LogP contribution is -2.41. The van der Waals surface area contributed by atoms with Gasteiger partial charge in [0.25, 0.3) is 5.56 Å². The normalized spacial score (nSPS) is 10.7. The molecule has 7 nitrogen and oxygen atoms in total. The number of aromatic nitrogens is 2. The summed E-state index contributed by atoms with van der Waals surface area (Å²) in [5.41, 5.74) is 2.24. The minimum atomic E-state index is -0.140. The average Bonchev–Trinajstić information content (AvgIpc) is 2.74. The van der Waals surface area contributed by atoms with Gasteiger partial charge in [-0.3, -0.25) is 9.78 Å². The number of benzene rings is 1. The van der Waals surface area contributed by atoms with Crippen molar-refractivity contribution in [2.75, 3.05) is 27.4 Å². The van der Waals surface area contributed by atoms with Crippen LogP contribution in [0.4, 0.5) is 0 Å². The summed E-state index contributed by atoms with van der Waals surface area (Å²) in [6.45, 7) is 2.01. The summed E-state index contributed by atoms with van der Waals surface area (Å²) in [5.74, 6) is 0.736. The first kappa shape index (κ1) is 20.8. The molecule has 3 rings (SSSR count). The minimum absolute atomic E-state index is 0.140. The molecular weight excluding hydrogens is 388 g/mol. The third kappa shape index (κ3) is 5.52. The van der Waals surface area contributed by atoms with Crippen LogP contribution in [0.2, 0.25) is 0 Å². The van der Waals surface area contributed by atoms with Crippen LogP contribution in [0.25, 0.3) is 10.9 Å². The Bertz CT molecular complexity index is 1020. The van der Waals surface area contributed by atoms with Crippen LogP contribution in [0.15, 0.2) is 53.6 Å². The van der Waals surface area contributed by atoms with Gasteiger partial charge in [0.1, 0.15) is 5.75 Å². The first-order valence-electron chi connectivity index (χ1n) is 9.21. The Labute approximate surface area is 174 Å². The van der Waals surface area contributed by atoms with E-state index in [9.17, 15) is 4.79 Å². The highest BCUT2D eigenvalue weighted by molar-refractivity contribution is 7.80. The Morgan fingerprint density at radius 2 is 2.10 bits per heavy atom. The molecule has 0 aliphatic carbocycles. The van der Waals surface area contributed by atoms with Crippen molar-refractivity contribution in [1.82, 2.24) is 20.2 Å². The summed E-state index contributed by atoms with van der Waals surface area (Å²) in [6.07, 6.45) is 3.52. The maximum Gasteiger partial charge on any atom is 0.253 e. The van der Waals surface area contributed by atoms with E-state index in [1.807, 2.05) is 41.3 Å². The highest BCUT2D eigenvalue weighted by atomic mass is 32.1. The van der Waals surface area contributed by atoms with Gasteiger partial charge in [-0.15, -0.1) is 0 Å². The van der Waals surface area contributed by atoms with Crippen molar-refractivity contribution in [1.29, 1.82) is 0 Å². The second kappa shape index (κ2) is 9.99. The average molecular weight is 413 g/mol. The Balaban J connectivity index is 1.88. The topological polar surface area (TPSA) is 79.5 Å². The quantitative estimate of drug-likeness (QED) is 0.435. The fourth-order valence-electron chi connectivity index (χ4n) is 2.96. The number of thiocarbonyl (C=S) groups is 1. The zero-order valence-corrected chi connectivity index (χ0v) is 17.3. The number of hydrogen-bond donors (Lipinski definition) is 2. The molecule has 3 aromatic rings. The summed E-state index contributed by atoms with van der Waals surface area (Å²) in [7, 11) is 3.26. The van der Waals surface area contributed by atoms with Gasteiger partial charge < -0.3 is 24.7 Å². The third-order valence-electron chi connectivity index (χ3n) is 4.46. The number of ether oxygens (including phenoxy) is 2. The highest BCUT2D eigenvalue weighted by Crippen LogP contribution is 2.19. The molecule has 8 heteroatoms. The van der Waals surface area contributed by atoms with Crippen molar-refractivity contribution < 1.29 is 9.47 Å². The summed E-state index contributed by atoms with van der Waals surface area (Å²) >= 11 is 5.57. The van der Waals surface area contributed by atoms with E-state index in [2.05, 4.69) is 15.3 Å². The number of aromatic amines is 1. The molecule has 0 amide bonds. The number of H-pyrrole nitrogens is 1. The lowest BCUT2D eigenvalue weighted by Gasteiger charge is -2.26. The molecule has 0 fully saturated rings. The summed E-state index contributed by atoms with van der Waals surface area (Å²) in [4.78, 5) is 21.7. The van der Waals surface area contributed by atoms with Crippen LogP contribution in [0.1, 0.15) is 11.1 Å². The summed E-state index contributed by atoms with van der Waals surface area (Å²) in [6, 6.07) is 11.3. The Hall–Kier alpha value is -2.97. The van der Waals surface area contributed by atoms with Gasteiger partial charge in [0, 0.05) is 49.1 Å². The van der Waals surface area contributed by atoms with Gasteiger partial charge in [-0.2, -0.15) is 0 Å². The van der Waals surface area contributed by atoms with Crippen LogP contribution >= 0.6 is 12.2 Å². The molecule has 2 aromatic heterocycles. The van der Waals surface area contributed by atoms with Crippen molar-refractivity contribution >= 4 is 28.2 Å². The highest BCUT2D eigenvalue weighted by Gasteiger charge is 2.14. The van der Waals surface area contributed by atoms with E-state index in [0.29, 0.717) is 36.9 Å². The monoisotopic (exact) mass is 412 g/mol. The minimum Gasteiger partial charge on any atom is -0.497 e. The first-order chi connectivity index (χ1) is 14.1. The Morgan fingerprint density at radius 1 is 1.24 bits per heavy atom. The second-order valence-electron chi connectivity index (χ2n) is 6.52. The predicted molar refractivity (Wildman–Crippen MR) is 117 cm³/mol. The molecule has 2 heterocycles. The molecule has 29 heavy (non-hydrogen) atoms. The van der Waals surface area contributed by atoms with Gasteiger partial charge in [0.05, 0.1) is 20.3 Å². The molecule has 2 N–H and O–H groups in total. The lowest BCUT2D eigenvalue weighted by molar-refractivity contribution is 0.202. The van der Waals surface area contributed by atoms with Crippen LogP contribution in [0.5, 0.6) is 5.75 Å². The molecule has 0 saturated carbocycles. The molecular formula is C21H24N4O3S. The summed E-state index contributed by atoms with van der Waals surface area (Å²) < 4.78 is 10.4. The number of fused-ring (bicyclic) bond motifs is 1. The van der Waals surface area contributed by atoms with Crippen molar-refractivity contribution in [3.63, 3.8) is 0 Å². The van der Waals surface area contributed by atoms with Crippen molar-refractivity contribution in [3.8, 4) is 5.75 Å². The molecule has 152 valence electrons. The van der Waals surface area contributed by atoms with Crippen molar-refractivity contribution in [2.45, 2.75) is 13.1 Å². The largest absolute Gasteiger partial charge is 0.497 e. The zero-order valence-electron chi connectivity index (χ0n) is 16.5. The van der Waals surface area contributed by atoms with E-state index in [1.165, 1.54) is 0 Å². The molecule has 0 bridgehead atoms. The SMILES string of the molecule is COCCNC(=S)N(Cc1cccnc1)Cc1cc2cc(OC)ccc2[nH]c1=O. The Kier molecular flexibility index (Phi) is 7.15. The van der Waals surface area contributed by atoms with E-state index < -0.39 is 0 Å². The zero-order chi connectivity index (χ0) is 20.6. The van der Waals surface area contributed by atoms with Gasteiger partial charge in [0.15, 0.2) is 5.11 Å². The number of rotatable bonds is 8. The standard InChI is InChI=1S/C21H24N4O3S/c1-27-9-8-23-21(29)25(13-15-4-3-7-22-12-15)14-17-10-16-11-18(28-2)5-6-19(16)24-20(17)26/h3-7,10-12H,8-9,13-14H2,1-2H3,(H,23,29)(H,24,26). The van der Waals surface area contributed by atoms with Gasteiger partial charge in [-0.25, -0.2) is 0 Å². The van der Waals surface area contributed by atoms with E-state index in [-0.39, 0.29) is 5.56 Å². The number of nitrogens with one attached hydrogen (secondary N) is 2. The third-order valence-corrected chi connectivity index (χ3v) is 4.86. The van der Waals surface area contributed by atoms with E-state index >= 15 is 0 Å². The fourth-order valence-corrected chi connectivity index (χ4v) is 3.19. The molecule has 0 unspecified atom stereocenters. The lowest BCUT2D eigenvalue weighted by atomic mass is 10.1. The smallest absolute Gasteiger partial charge is 0.253 e. The molecule has 0 aliphatic rings. The number of hydrogen-bond acceptors (Lipinski definition) is 5. The maximum absolute atomic E-state index is 12.6. The Morgan fingerprint density at radius 3 is 2.83 bits per heavy atom. The molecule has 0 saturated heterocycles. The first-order valence-corrected chi connectivity index (χ1v) is 9.62. The van der Waals surface area contributed by atoms with Crippen LogP contribution in [-0.4, -0.2) is 47.4 Å². The molecule has 0 aliphatic heterocycles. The fraction of sp³-hybridized carbons (Fsp3) is 0.286. The molecule has 0 atom stereocenters. The predicted octanol–water partition coefficient (Wildman–Crippen LogP) is 2.45. The van der Waals surface area contributed by atoms with Gasteiger partial charge in [0.2, 0.25) is 0 Å². The number of pyridine rings is 2. The van der Waals surface area contributed by atoms with Crippen LogP contribution in [-0.2, 0) is 17.8 Å². The van der Waals surface area contributed by atoms with Gasteiger partial charge in [-0.1, -0.05) is 6.07 Å². The van der Waals surface area contributed by atoms with Crippen LogP contribution in [0.3, 0.4) is 0 Å². The van der Waals surface area contributed by atoms with Crippen LogP contribution in [0, 0.1) is 0 Å². The van der Waals surface area contributed by atoms with E-state index in [4.69, 9.17) is 21.7 Å². The molecule has 0 spiro atoms. The van der Waals surface area contributed by atoms with Gasteiger partial charge >= 0.3 is 0 Å². The van der Waals surface area contributed by atoms with E-state index in [1.54, 1.807) is 26.6 Å². The molecule has 0 radical (unpaired) electrons.